The molecular formula is C14H19N3S2. The van der Waals surface area contributed by atoms with Crippen LogP contribution >= 0.6 is 22.7 Å². The number of nitrogens with zero attached hydrogens (tertiary/aromatic N) is 2. The second kappa shape index (κ2) is 5.61. The van der Waals surface area contributed by atoms with Crippen molar-refractivity contribution in [2.75, 3.05) is 18.0 Å². The van der Waals surface area contributed by atoms with E-state index in [0.717, 1.165) is 31.2 Å². The zero-order valence-electron chi connectivity index (χ0n) is 11.3. The Morgan fingerprint density at radius 3 is 3.26 bits per heavy atom. The van der Waals surface area contributed by atoms with Gasteiger partial charge in [-0.25, -0.2) is 4.98 Å². The van der Waals surface area contributed by atoms with Gasteiger partial charge in [0, 0.05) is 35.1 Å². The van der Waals surface area contributed by atoms with Crippen LogP contribution in [-0.2, 0) is 13.0 Å². The molecule has 19 heavy (non-hydrogen) atoms. The third-order valence-electron chi connectivity index (χ3n) is 3.53. The Kier molecular flexibility index (Phi) is 3.86. The van der Waals surface area contributed by atoms with E-state index in [-0.39, 0.29) is 0 Å². The molecule has 2 aromatic rings. The van der Waals surface area contributed by atoms with Crippen LogP contribution in [-0.4, -0.2) is 18.1 Å². The van der Waals surface area contributed by atoms with Gasteiger partial charge in [-0.3, -0.25) is 0 Å². The van der Waals surface area contributed by atoms with Crippen molar-refractivity contribution in [2.45, 2.75) is 32.9 Å². The summed E-state index contributed by atoms with van der Waals surface area (Å²) in [6, 6.07) is 2.65. The largest absolute Gasteiger partial charge is 0.343 e. The lowest BCUT2D eigenvalue weighted by Gasteiger charge is -2.26. The SMILES string of the molecule is CCNC(C)c1cnc(N2CCc3sccc3C2)s1. The predicted molar refractivity (Wildman–Crippen MR) is 83.3 cm³/mol. The summed E-state index contributed by atoms with van der Waals surface area (Å²) in [7, 11) is 0. The minimum absolute atomic E-state index is 0.401. The van der Waals surface area contributed by atoms with Gasteiger partial charge in [0.1, 0.15) is 0 Å². The zero-order chi connectivity index (χ0) is 13.2. The summed E-state index contributed by atoms with van der Waals surface area (Å²) in [5, 5.41) is 6.81. The Hall–Kier alpha value is -0.910. The van der Waals surface area contributed by atoms with Gasteiger partial charge >= 0.3 is 0 Å². The molecule has 1 aliphatic rings. The van der Waals surface area contributed by atoms with Crippen molar-refractivity contribution >= 4 is 27.8 Å². The van der Waals surface area contributed by atoms with Gasteiger partial charge in [-0.15, -0.1) is 22.7 Å². The molecule has 0 saturated heterocycles. The minimum Gasteiger partial charge on any atom is -0.343 e. The standard InChI is InChI=1S/C14H19N3S2/c1-3-15-10(2)13-8-16-14(19-13)17-6-4-12-11(9-17)5-7-18-12/h5,7-8,10,15H,3-4,6,9H2,1-2H3. The van der Waals surface area contributed by atoms with E-state index in [1.54, 1.807) is 4.88 Å². The van der Waals surface area contributed by atoms with Gasteiger partial charge in [-0.1, -0.05) is 6.92 Å². The number of hydrogen-bond donors (Lipinski definition) is 1. The van der Waals surface area contributed by atoms with Gasteiger partial charge in [-0.05, 0) is 36.9 Å². The third kappa shape index (κ3) is 2.68. The lowest BCUT2D eigenvalue weighted by molar-refractivity contribution is 0.606. The molecule has 0 amide bonds. The Bertz CT molecular complexity index is 546. The quantitative estimate of drug-likeness (QED) is 0.936. The first-order valence-electron chi connectivity index (χ1n) is 6.77. The van der Waals surface area contributed by atoms with Crippen LogP contribution < -0.4 is 10.2 Å². The Morgan fingerprint density at radius 2 is 2.42 bits per heavy atom. The molecule has 3 nitrogen and oxygen atoms in total. The summed E-state index contributed by atoms with van der Waals surface area (Å²) >= 11 is 3.71. The van der Waals surface area contributed by atoms with Crippen molar-refractivity contribution in [3.05, 3.63) is 33.0 Å². The van der Waals surface area contributed by atoms with E-state index in [9.17, 15) is 0 Å². The van der Waals surface area contributed by atoms with Crippen LogP contribution in [0, 0.1) is 0 Å². The lowest BCUT2D eigenvalue weighted by atomic mass is 10.1. The molecule has 0 spiro atoms. The van der Waals surface area contributed by atoms with Gasteiger partial charge < -0.3 is 10.2 Å². The fourth-order valence-corrected chi connectivity index (χ4v) is 4.30. The van der Waals surface area contributed by atoms with Crippen LogP contribution in [0.1, 0.15) is 35.2 Å². The number of anilines is 1. The molecule has 0 fully saturated rings. The number of rotatable bonds is 4. The number of fused-ring (bicyclic) bond motifs is 1. The summed E-state index contributed by atoms with van der Waals surface area (Å²) < 4.78 is 0. The number of hydrogen-bond acceptors (Lipinski definition) is 5. The van der Waals surface area contributed by atoms with Crippen molar-refractivity contribution < 1.29 is 0 Å². The molecule has 1 atom stereocenters. The molecule has 0 aromatic carbocycles. The van der Waals surface area contributed by atoms with Gasteiger partial charge in [0.05, 0.1) is 0 Å². The van der Waals surface area contributed by atoms with E-state index in [1.807, 2.05) is 28.9 Å². The first kappa shape index (κ1) is 13.1. The van der Waals surface area contributed by atoms with Crippen LogP contribution in [0.15, 0.2) is 17.6 Å². The maximum Gasteiger partial charge on any atom is 0.185 e. The van der Waals surface area contributed by atoms with Crippen LogP contribution in [0.25, 0.3) is 0 Å². The highest BCUT2D eigenvalue weighted by Gasteiger charge is 2.20. The van der Waals surface area contributed by atoms with Gasteiger partial charge in [0.15, 0.2) is 5.13 Å². The maximum atomic E-state index is 4.61. The molecule has 5 heteroatoms. The molecule has 3 heterocycles. The van der Waals surface area contributed by atoms with E-state index in [2.05, 4.69) is 40.5 Å². The summed E-state index contributed by atoms with van der Waals surface area (Å²) in [6.07, 6.45) is 3.18. The lowest BCUT2D eigenvalue weighted by Crippen LogP contribution is -2.29. The second-order valence-electron chi connectivity index (χ2n) is 4.87. The van der Waals surface area contributed by atoms with Crippen molar-refractivity contribution in [2.24, 2.45) is 0 Å². The molecule has 0 radical (unpaired) electrons. The molecule has 1 unspecified atom stereocenters. The van der Waals surface area contributed by atoms with Crippen LogP contribution in [0.5, 0.6) is 0 Å². The molecule has 0 saturated carbocycles. The highest BCUT2D eigenvalue weighted by atomic mass is 32.1. The molecule has 1 N–H and O–H groups in total. The summed E-state index contributed by atoms with van der Waals surface area (Å²) in [5.41, 5.74) is 1.48. The molecule has 0 aliphatic carbocycles. The van der Waals surface area contributed by atoms with Crippen molar-refractivity contribution in [1.29, 1.82) is 0 Å². The van der Waals surface area contributed by atoms with Crippen LogP contribution in [0.2, 0.25) is 0 Å². The molecule has 0 bridgehead atoms. The van der Waals surface area contributed by atoms with Gasteiger partial charge in [0.25, 0.3) is 0 Å². The molecule has 3 rings (SSSR count). The van der Waals surface area contributed by atoms with Crippen molar-refractivity contribution in [1.82, 2.24) is 10.3 Å². The maximum absolute atomic E-state index is 4.61. The minimum atomic E-state index is 0.401. The zero-order valence-corrected chi connectivity index (χ0v) is 13.0. The summed E-state index contributed by atoms with van der Waals surface area (Å²) in [4.78, 5) is 9.89. The summed E-state index contributed by atoms with van der Waals surface area (Å²) in [5.74, 6) is 0. The Morgan fingerprint density at radius 1 is 1.53 bits per heavy atom. The number of aromatic nitrogens is 1. The van der Waals surface area contributed by atoms with Gasteiger partial charge in [-0.2, -0.15) is 0 Å². The van der Waals surface area contributed by atoms with E-state index in [0.29, 0.717) is 6.04 Å². The van der Waals surface area contributed by atoms with E-state index >= 15 is 0 Å². The first-order chi connectivity index (χ1) is 9.28. The van der Waals surface area contributed by atoms with Crippen molar-refractivity contribution in [3.63, 3.8) is 0 Å². The fraction of sp³-hybridized carbons (Fsp3) is 0.500. The van der Waals surface area contributed by atoms with Gasteiger partial charge in [0.2, 0.25) is 0 Å². The Balaban J connectivity index is 1.74. The van der Waals surface area contributed by atoms with Crippen molar-refractivity contribution in [3.8, 4) is 0 Å². The third-order valence-corrected chi connectivity index (χ3v) is 5.79. The van der Waals surface area contributed by atoms with E-state index in [1.165, 1.54) is 10.4 Å². The molecular weight excluding hydrogens is 274 g/mol. The number of thiazole rings is 1. The smallest absolute Gasteiger partial charge is 0.185 e. The van der Waals surface area contributed by atoms with E-state index in [4.69, 9.17) is 0 Å². The van der Waals surface area contributed by atoms with E-state index < -0.39 is 0 Å². The highest BCUT2D eigenvalue weighted by molar-refractivity contribution is 7.15. The monoisotopic (exact) mass is 293 g/mol. The fourth-order valence-electron chi connectivity index (χ4n) is 2.44. The predicted octanol–water partition coefficient (Wildman–Crippen LogP) is 3.44. The van der Waals surface area contributed by atoms with Crippen LogP contribution in [0.4, 0.5) is 5.13 Å². The average Bonchev–Trinajstić information content (AvgIpc) is 3.07. The summed E-state index contributed by atoms with van der Waals surface area (Å²) in [6.45, 7) is 7.45. The highest BCUT2D eigenvalue weighted by Crippen LogP contribution is 2.32. The molecule has 102 valence electrons. The topological polar surface area (TPSA) is 28.2 Å². The number of thiophene rings is 1. The Labute approximate surface area is 122 Å². The normalized spacial score (nSPS) is 16.4. The first-order valence-corrected chi connectivity index (χ1v) is 8.47. The van der Waals surface area contributed by atoms with Crippen LogP contribution in [0.3, 0.4) is 0 Å². The average molecular weight is 293 g/mol. The second-order valence-corrected chi connectivity index (χ2v) is 6.91. The molecule has 2 aromatic heterocycles. The number of nitrogens with one attached hydrogen (secondary N) is 1. The molecule has 1 aliphatic heterocycles.